The Morgan fingerprint density at radius 2 is 2.57 bits per heavy atom. The molecule has 1 rings (SSSR count). The van der Waals surface area contributed by atoms with Crippen molar-refractivity contribution >= 4 is 11.6 Å². The predicted octanol–water partition coefficient (Wildman–Crippen LogP) is 1.88. The molecule has 1 atom stereocenters. The maximum atomic E-state index is 5.54. The van der Waals surface area contributed by atoms with Gasteiger partial charge < -0.3 is 4.74 Å². The number of ether oxygens (including phenoxy) is 1. The third-order valence-corrected chi connectivity index (χ3v) is 1.20. The Kier molecular flexibility index (Phi) is 1.58. The second-order valence-corrected chi connectivity index (χ2v) is 1.98. The van der Waals surface area contributed by atoms with Crippen molar-refractivity contribution in [2.75, 3.05) is 0 Å². The summed E-state index contributed by atoms with van der Waals surface area (Å²) < 4.78 is 4.86. The van der Waals surface area contributed by atoms with Crippen LogP contribution in [-0.2, 0) is 4.74 Å². The molecular formula is C5H7ClO. The van der Waals surface area contributed by atoms with E-state index in [-0.39, 0.29) is 5.56 Å². The zero-order chi connectivity index (χ0) is 5.11. The summed E-state index contributed by atoms with van der Waals surface area (Å²) in [5.41, 5.74) is -0.0787. The van der Waals surface area contributed by atoms with Crippen LogP contribution in [0.2, 0.25) is 0 Å². The van der Waals surface area contributed by atoms with Gasteiger partial charge in [-0.3, -0.25) is 0 Å². The lowest BCUT2D eigenvalue weighted by Crippen LogP contribution is -2.02. The van der Waals surface area contributed by atoms with E-state index in [1.54, 1.807) is 6.26 Å². The standard InChI is InChI=1S/C5H7ClO/c6-5-3-1-2-4-7-5/h2,4-5H,1,3H2. The number of halogens is 1. The molecule has 0 N–H and O–H groups in total. The second-order valence-electron chi connectivity index (χ2n) is 1.50. The van der Waals surface area contributed by atoms with E-state index in [0.29, 0.717) is 0 Å². The molecule has 1 heterocycles. The highest BCUT2D eigenvalue weighted by Crippen LogP contribution is 2.12. The summed E-state index contributed by atoms with van der Waals surface area (Å²) in [5, 5.41) is 0. The Labute approximate surface area is 47.9 Å². The van der Waals surface area contributed by atoms with Crippen LogP contribution in [0.5, 0.6) is 0 Å². The van der Waals surface area contributed by atoms with E-state index in [1.807, 2.05) is 6.08 Å². The average molecular weight is 119 g/mol. The number of hydrogen-bond donors (Lipinski definition) is 0. The van der Waals surface area contributed by atoms with Crippen molar-refractivity contribution < 1.29 is 4.74 Å². The third kappa shape index (κ3) is 1.39. The van der Waals surface area contributed by atoms with E-state index >= 15 is 0 Å². The van der Waals surface area contributed by atoms with Crippen LogP contribution in [0.4, 0.5) is 0 Å². The van der Waals surface area contributed by atoms with Gasteiger partial charge in [-0.25, -0.2) is 0 Å². The molecule has 40 valence electrons. The van der Waals surface area contributed by atoms with Gasteiger partial charge in [-0.2, -0.15) is 0 Å². The van der Waals surface area contributed by atoms with Crippen LogP contribution in [0.15, 0.2) is 12.3 Å². The maximum Gasteiger partial charge on any atom is 0.171 e. The largest absolute Gasteiger partial charge is 0.483 e. The molecule has 0 amide bonds. The smallest absolute Gasteiger partial charge is 0.171 e. The summed E-state index contributed by atoms with van der Waals surface area (Å²) in [6.45, 7) is 0. The first-order valence-electron chi connectivity index (χ1n) is 2.34. The minimum atomic E-state index is -0.0787. The fourth-order valence-electron chi connectivity index (χ4n) is 0.504. The van der Waals surface area contributed by atoms with Gasteiger partial charge in [-0.1, -0.05) is 11.6 Å². The Bertz CT molecular complexity index is 80.1. The van der Waals surface area contributed by atoms with Crippen molar-refractivity contribution in [3.05, 3.63) is 12.3 Å². The summed E-state index contributed by atoms with van der Waals surface area (Å²) in [5.74, 6) is 0. The van der Waals surface area contributed by atoms with Crippen LogP contribution in [0.3, 0.4) is 0 Å². The Morgan fingerprint density at radius 3 is 2.86 bits per heavy atom. The molecule has 2 heteroatoms. The predicted molar refractivity (Wildman–Crippen MR) is 29.1 cm³/mol. The highest BCUT2D eigenvalue weighted by molar-refractivity contribution is 6.19. The normalized spacial score (nSPS) is 29.6. The third-order valence-electron chi connectivity index (χ3n) is 0.883. The van der Waals surface area contributed by atoms with E-state index in [1.165, 1.54) is 0 Å². The molecule has 0 aromatic rings. The van der Waals surface area contributed by atoms with Crippen molar-refractivity contribution in [2.45, 2.75) is 18.4 Å². The molecule has 7 heavy (non-hydrogen) atoms. The minimum Gasteiger partial charge on any atom is -0.483 e. The highest BCUT2D eigenvalue weighted by Gasteiger charge is 2.03. The molecule has 0 aromatic heterocycles. The summed E-state index contributed by atoms with van der Waals surface area (Å²) in [6.07, 6.45) is 5.62. The van der Waals surface area contributed by atoms with Gasteiger partial charge >= 0.3 is 0 Å². The molecule has 0 radical (unpaired) electrons. The molecular weight excluding hydrogens is 112 g/mol. The zero-order valence-electron chi connectivity index (χ0n) is 3.93. The van der Waals surface area contributed by atoms with Gasteiger partial charge in [0, 0.05) is 6.42 Å². The molecule has 0 saturated carbocycles. The summed E-state index contributed by atoms with van der Waals surface area (Å²) in [7, 11) is 0. The van der Waals surface area contributed by atoms with Gasteiger partial charge in [0.05, 0.1) is 6.26 Å². The van der Waals surface area contributed by atoms with Gasteiger partial charge in [0.1, 0.15) is 0 Å². The van der Waals surface area contributed by atoms with Gasteiger partial charge in [0.2, 0.25) is 0 Å². The number of alkyl halides is 1. The lowest BCUT2D eigenvalue weighted by Gasteiger charge is -2.10. The van der Waals surface area contributed by atoms with Crippen LogP contribution < -0.4 is 0 Å². The number of allylic oxidation sites excluding steroid dienone is 1. The molecule has 0 fully saturated rings. The summed E-state index contributed by atoms with van der Waals surface area (Å²) in [6, 6.07) is 0. The first-order valence-corrected chi connectivity index (χ1v) is 2.78. The number of hydrogen-bond acceptors (Lipinski definition) is 1. The van der Waals surface area contributed by atoms with Crippen molar-refractivity contribution in [3.8, 4) is 0 Å². The Balaban J connectivity index is 2.32. The summed E-state index contributed by atoms with van der Waals surface area (Å²) >= 11 is 5.54. The highest BCUT2D eigenvalue weighted by atomic mass is 35.5. The molecule has 0 bridgehead atoms. The number of rotatable bonds is 0. The quantitative estimate of drug-likeness (QED) is 0.442. The van der Waals surface area contributed by atoms with Gasteiger partial charge in [0.25, 0.3) is 0 Å². The maximum absolute atomic E-state index is 5.54. The van der Waals surface area contributed by atoms with Crippen LogP contribution in [-0.4, -0.2) is 5.56 Å². The fourth-order valence-corrected chi connectivity index (χ4v) is 0.690. The van der Waals surface area contributed by atoms with Gasteiger partial charge in [-0.15, -0.1) is 0 Å². The van der Waals surface area contributed by atoms with E-state index in [4.69, 9.17) is 16.3 Å². The topological polar surface area (TPSA) is 9.23 Å². The van der Waals surface area contributed by atoms with Crippen LogP contribution in [0.25, 0.3) is 0 Å². The SMILES string of the molecule is ClC1CCC=CO1. The first kappa shape index (κ1) is 4.98. The van der Waals surface area contributed by atoms with Crippen molar-refractivity contribution in [2.24, 2.45) is 0 Å². The fraction of sp³-hybridized carbons (Fsp3) is 0.600. The van der Waals surface area contributed by atoms with Gasteiger partial charge in [-0.05, 0) is 12.5 Å². The van der Waals surface area contributed by atoms with Crippen LogP contribution >= 0.6 is 11.6 Å². The second kappa shape index (κ2) is 2.22. The van der Waals surface area contributed by atoms with Crippen molar-refractivity contribution in [1.29, 1.82) is 0 Å². The van der Waals surface area contributed by atoms with E-state index < -0.39 is 0 Å². The molecule has 0 aromatic carbocycles. The molecule has 0 spiro atoms. The van der Waals surface area contributed by atoms with E-state index in [9.17, 15) is 0 Å². The minimum absolute atomic E-state index is 0.0787. The first-order chi connectivity index (χ1) is 3.39. The zero-order valence-corrected chi connectivity index (χ0v) is 4.69. The Morgan fingerprint density at radius 1 is 1.71 bits per heavy atom. The molecule has 1 nitrogen and oxygen atoms in total. The average Bonchev–Trinajstić information content (AvgIpc) is 1.69. The van der Waals surface area contributed by atoms with Crippen molar-refractivity contribution in [1.82, 2.24) is 0 Å². The molecule has 1 unspecified atom stereocenters. The molecule has 0 aliphatic carbocycles. The van der Waals surface area contributed by atoms with E-state index in [2.05, 4.69) is 0 Å². The lowest BCUT2D eigenvalue weighted by molar-refractivity contribution is 0.194. The van der Waals surface area contributed by atoms with Crippen molar-refractivity contribution in [3.63, 3.8) is 0 Å². The Hall–Kier alpha value is -0.170. The van der Waals surface area contributed by atoms with E-state index in [0.717, 1.165) is 12.8 Å². The van der Waals surface area contributed by atoms with Crippen LogP contribution in [0.1, 0.15) is 12.8 Å². The van der Waals surface area contributed by atoms with Crippen LogP contribution in [0, 0.1) is 0 Å². The molecule has 1 aliphatic heterocycles. The van der Waals surface area contributed by atoms with Gasteiger partial charge in [0.15, 0.2) is 5.56 Å². The lowest BCUT2D eigenvalue weighted by atomic mass is 10.3. The monoisotopic (exact) mass is 118 g/mol. The summed E-state index contributed by atoms with van der Waals surface area (Å²) in [4.78, 5) is 0. The molecule has 1 aliphatic rings. The molecule has 0 saturated heterocycles.